The van der Waals surface area contributed by atoms with Crippen LogP contribution in [0.15, 0.2) is 54.6 Å². The first kappa shape index (κ1) is 14.2. The first-order chi connectivity index (χ1) is 10.2. The molecule has 1 saturated heterocycles. The van der Waals surface area contributed by atoms with Crippen molar-refractivity contribution in [3.63, 3.8) is 0 Å². The minimum absolute atomic E-state index is 0.186. The summed E-state index contributed by atoms with van der Waals surface area (Å²) in [4.78, 5) is 2.53. The van der Waals surface area contributed by atoms with Crippen LogP contribution in [0.5, 0.6) is 5.75 Å². The highest BCUT2D eigenvalue weighted by Gasteiger charge is 2.31. The SMILES string of the molecule is CC1(c2cccc(O)c2)CCN(Cc2ccccc2)CC1. The Balaban J connectivity index is 1.64. The number of hydrogen-bond donors (Lipinski definition) is 1. The molecule has 2 nitrogen and oxygen atoms in total. The molecule has 1 heterocycles. The van der Waals surface area contributed by atoms with Crippen molar-refractivity contribution in [3.05, 3.63) is 65.7 Å². The molecular formula is C19H23NO. The first-order valence-corrected chi connectivity index (χ1v) is 7.72. The fraction of sp³-hybridized carbons (Fsp3) is 0.368. The molecule has 1 aliphatic heterocycles. The van der Waals surface area contributed by atoms with Crippen LogP contribution in [0.1, 0.15) is 30.9 Å². The van der Waals surface area contributed by atoms with Crippen LogP contribution in [-0.4, -0.2) is 23.1 Å². The fourth-order valence-electron chi connectivity index (χ4n) is 3.22. The molecule has 0 saturated carbocycles. The molecule has 2 aromatic carbocycles. The van der Waals surface area contributed by atoms with Gasteiger partial charge in [0.1, 0.15) is 5.75 Å². The highest BCUT2D eigenvalue weighted by molar-refractivity contribution is 5.33. The highest BCUT2D eigenvalue weighted by atomic mass is 16.3. The summed E-state index contributed by atoms with van der Waals surface area (Å²) in [6.07, 6.45) is 2.28. The van der Waals surface area contributed by atoms with Crippen LogP contribution in [-0.2, 0) is 12.0 Å². The van der Waals surface area contributed by atoms with E-state index in [9.17, 15) is 5.11 Å². The van der Waals surface area contributed by atoms with Crippen LogP contribution in [0.4, 0.5) is 0 Å². The predicted octanol–water partition coefficient (Wildman–Crippen LogP) is 3.95. The standard InChI is InChI=1S/C19H23NO/c1-19(17-8-5-9-18(21)14-17)10-12-20(13-11-19)15-16-6-3-2-4-7-16/h2-9,14,21H,10-13,15H2,1H3. The molecular weight excluding hydrogens is 258 g/mol. The second-order valence-corrected chi connectivity index (χ2v) is 6.37. The molecule has 2 heteroatoms. The largest absolute Gasteiger partial charge is 0.508 e. The Kier molecular flexibility index (Phi) is 3.98. The van der Waals surface area contributed by atoms with Gasteiger partial charge in [-0.1, -0.05) is 49.4 Å². The van der Waals surface area contributed by atoms with Gasteiger partial charge in [-0.15, -0.1) is 0 Å². The Hall–Kier alpha value is -1.80. The summed E-state index contributed by atoms with van der Waals surface area (Å²) in [6, 6.07) is 18.4. The summed E-state index contributed by atoms with van der Waals surface area (Å²) in [5, 5.41) is 9.69. The number of phenolic OH excluding ortho intramolecular Hbond substituents is 1. The van der Waals surface area contributed by atoms with Crippen molar-refractivity contribution in [3.8, 4) is 5.75 Å². The van der Waals surface area contributed by atoms with E-state index in [0.717, 1.165) is 32.5 Å². The summed E-state index contributed by atoms with van der Waals surface area (Å²) >= 11 is 0. The zero-order valence-corrected chi connectivity index (χ0v) is 12.6. The number of piperidine rings is 1. The molecule has 0 bridgehead atoms. The van der Waals surface area contributed by atoms with Gasteiger partial charge in [0, 0.05) is 6.54 Å². The van der Waals surface area contributed by atoms with Crippen molar-refractivity contribution < 1.29 is 5.11 Å². The van der Waals surface area contributed by atoms with E-state index in [1.54, 1.807) is 6.07 Å². The molecule has 0 aromatic heterocycles. The highest BCUT2D eigenvalue weighted by Crippen LogP contribution is 2.36. The molecule has 0 radical (unpaired) electrons. The zero-order chi connectivity index (χ0) is 14.7. The maximum Gasteiger partial charge on any atom is 0.115 e. The van der Waals surface area contributed by atoms with Gasteiger partial charge in [0.25, 0.3) is 0 Å². The monoisotopic (exact) mass is 281 g/mol. The quantitative estimate of drug-likeness (QED) is 0.921. The van der Waals surface area contributed by atoms with Gasteiger partial charge in [0.05, 0.1) is 0 Å². The normalized spacial score (nSPS) is 18.5. The minimum atomic E-state index is 0.186. The van der Waals surface area contributed by atoms with E-state index in [2.05, 4.69) is 48.2 Å². The van der Waals surface area contributed by atoms with Gasteiger partial charge in [0.2, 0.25) is 0 Å². The molecule has 2 aromatic rings. The van der Waals surface area contributed by atoms with Gasteiger partial charge >= 0.3 is 0 Å². The molecule has 0 aliphatic carbocycles. The van der Waals surface area contributed by atoms with Crippen LogP contribution in [0, 0.1) is 0 Å². The second kappa shape index (κ2) is 5.90. The maximum atomic E-state index is 9.69. The zero-order valence-electron chi connectivity index (χ0n) is 12.6. The van der Waals surface area contributed by atoms with Gasteiger partial charge in [-0.2, -0.15) is 0 Å². The molecule has 1 fully saturated rings. The molecule has 1 N–H and O–H groups in total. The van der Waals surface area contributed by atoms with Crippen molar-refractivity contribution in [2.24, 2.45) is 0 Å². The van der Waals surface area contributed by atoms with Gasteiger partial charge < -0.3 is 5.11 Å². The molecule has 3 rings (SSSR count). The molecule has 0 amide bonds. The average molecular weight is 281 g/mol. The predicted molar refractivity (Wildman–Crippen MR) is 86.4 cm³/mol. The molecule has 0 spiro atoms. The lowest BCUT2D eigenvalue weighted by Gasteiger charge is -2.40. The number of hydrogen-bond acceptors (Lipinski definition) is 2. The Morgan fingerprint density at radius 1 is 1.00 bits per heavy atom. The van der Waals surface area contributed by atoms with Crippen molar-refractivity contribution in [1.29, 1.82) is 0 Å². The van der Waals surface area contributed by atoms with Gasteiger partial charge in [-0.05, 0) is 54.6 Å². The van der Waals surface area contributed by atoms with Gasteiger partial charge in [-0.25, -0.2) is 0 Å². The first-order valence-electron chi connectivity index (χ1n) is 7.72. The van der Waals surface area contributed by atoms with Gasteiger partial charge in [-0.3, -0.25) is 4.90 Å². The Labute approximate surface area is 127 Å². The van der Waals surface area contributed by atoms with Crippen molar-refractivity contribution in [1.82, 2.24) is 4.90 Å². The van der Waals surface area contributed by atoms with Crippen molar-refractivity contribution in [2.45, 2.75) is 31.7 Å². The van der Waals surface area contributed by atoms with E-state index in [1.807, 2.05) is 12.1 Å². The summed E-state index contributed by atoms with van der Waals surface area (Å²) in [6.45, 7) is 5.58. The van der Waals surface area contributed by atoms with Crippen LogP contribution >= 0.6 is 0 Å². The number of benzene rings is 2. The van der Waals surface area contributed by atoms with Crippen LogP contribution in [0.2, 0.25) is 0 Å². The number of aromatic hydroxyl groups is 1. The Bertz CT molecular complexity index is 586. The smallest absolute Gasteiger partial charge is 0.115 e. The van der Waals surface area contributed by atoms with Gasteiger partial charge in [0.15, 0.2) is 0 Å². The lowest BCUT2D eigenvalue weighted by atomic mass is 9.74. The molecule has 21 heavy (non-hydrogen) atoms. The lowest BCUT2D eigenvalue weighted by molar-refractivity contribution is 0.162. The van der Waals surface area contributed by atoms with E-state index < -0.39 is 0 Å². The summed E-state index contributed by atoms with van der Waals surface area (Å²) < 4.78 is 0. The van der Waals surface area contributed by atoms with Crippen LogP contribution in [0.3, 0.4) is 0 Å². The summed E-state index contributed by atoms with van der Waals surface area (Å²) in [5.41, 5.74) is 2.84. The topological polar surface area (TPSA) is 23.5 Å². The van der Waals surface area contributed by atoms with E-state index in [1.165, 1.54) is 11.1 Å². The summed E-state index contributed by atoms with van der Waals surface area (Å²) in [7, 11) is 0. The summed E-state index contributed by atoms with van der Waals surface area (Å²) in [5.74, 6) is 0.375. The van der Waals surface area contributed by atoms with Crippen LogP contribution < -0.4 is 0 Å². The lowest BCUT2D eigenvalue weighted by Crippen LogP contribution is -2.40. The van der Waals surface area contributed by atoms with E-state index in [4.69, 9.17) is 0 Å². The fourth-order valence-corrected chi connectivity index (χ4v) is 3.22. The molecule has 0 atom stereocenters. The molecule has 0 unspecified atom stereocenters. The third-order valence-corrected chi connectivity index (χ3v) is 4.75. The third-order valence-electron chi connectivity index (χ3n) is 4.75. The Morgan fingerprint density at radius 3 is 2.38 bits per heavy atom. The van der Waals surface area contributed by atoms with Crippen molar-refractivity contribution in [2.75, 3.05) is 13.1 Å². The number of nitrogens with zero attached hydrogens (tertiary/aromatic N) is 1. The van der Waals surface area contributed by atoms with E-state index in [-0.39, 0.29) is 5.41 Å². The maximum absolute atomic E-state index is 9.69. The number of phenols is 1. The average Bonchev–Trinajstić information content (AvgIpc) is 2.51. The number of likely N-dealkylation sites (tertiary alicyclic amines) is 1. The molecule has 1 aliphatic rings. The second-order valence-electron chi connectivity index (χ2n) is 6.37. The van der Waals surface area contributed by atoms with Crippen LogP contribution in [0.25, 0.3) is 0 Å². The molecule has 110 valence electrons. The minimum Gasteiger partial charge on any atom is -0.508 e. The van der Waals surface area contributed by atoms with Crippen molar-refractivity contribution >= 4 is 0 Å². The number of rotatable bonds is 3. The van der Waals surface area contributed by atoms with E-state index in [0.29, 0.717) is 5.75 Å². The third kappa shape index (κ3) is 3.27. The Morgan fingerprint density at radius 2 is 1.71 bits per heavy atom. The van der Waals surface area contributed by atoms with E-state index >= 15 is 0 Å².